The molecule has 0 saturated heterocycles. The molecule has 29 heavy (non-hydrogen) atoms. The van der Waals surface area contributed by atoms with E-state index in [2.05, 4.69) is 10.4 Å². The van der Waals surface area contributed by atoms with Gasteiger partial charge in [-0.1, -0.05) is 31.5 Å². The average Bonchev–Trinajstić information content (AvgIpc) is 3.04. The number of carbonyl (C=O) groups excluding carboxylic acids is 1. The van der Waals surface area contributed by atoms with Gasteiger partial charge in [0.15, 0.2) is 5.75 Å². The van der Waals surface area contributed by atoms with Crippen LogP contribution < -0.4 is 10.1 Å². The molecule has 3 rings (SSSR count). The third-order valence-electron chi connectivity index (χ3n) is 3.99. The van der Waals surface area contributed by atoms with E-state index in [4.69, 9.17) is 4.74 Å². The minimum absolute atomic E-state index is 0.167. The van der Waals surface area contributed by atoms with Gasteiger partial charge in [-0.2, -0.15) is 18.3 Å². The summed E-state index contributed by atoms with van der Waals surface area (Å²) in [6.07, 6.45) is -3.14. The van der Waals surface area contributed by atoms with E-state index in [1.165, 1.54) is 6.20 Å². The highest BCUT2D eigenvalue weighted by Gasteiger charge is 2.31. The molecular formula is C20H17F4N3O2. The maximum absolute atomic E-state index is 13.5. The van der Waals surface area contributed by atoms with Crippen molar-refractivity contribution in [3.05, 3.63) is 71.8 Å². The van der Waals surface area contributed by atoms with E-state index in [0.29, 0.717) is 24.2 Å². The molecule has 0 bridgehead atoms. The number of hydrogen-bond acceptors (Lipinski definition) is 3. The van der Waals surface area contributed by atoms with Gasteiger partial charge in [0, 0.05) is 5.69 Å². The maximum atomic E-state index is 13.5. The van der Waals surface area contributed by atoms with Gasteiger partial charge in [0.2, 0.25) is 0 Å². The summed E-state index contributed by atoms with van der Waals surface area (Å²) < 4.78 is 58.8. The van der Waals surface area contributed by atoms with E-state index in [9.17, 15) is 22.4 Å². The molecule has 9 heteroatoms. The fourth-order valence-corrected chi connectivity index (χ4v) is 2.77. The molecule has 5 nitrogen and oxygen atoms in total. The summed E-state index contributed by atoms with van der Waals surface area (Å²) in [5.41, 5.74) is -0.179. The molecule has 0 unspecified atom stereocenters. The summed E-state index contributed by atoms with van der Waals surface area (Å²) in [4.78, 5) is 12.2. The molecule has 0 aliphatic heterocycles. The van der Waals surface area contributed by atoms with Crippen molar-refractivity contribution >= 4 is 11.8 Å². The number of hydrogen-bond donors (Lipinski definition) is 1. The average molecular weight is 407 g/mol. The molecule has 0 aliphatic rings. The Bertz CT molecular complexity index is 1000. The van der Waals surface area contributed by atoms with Crippen LogP contribution in [0.4, 0.5) is 28.0 Å². The smallest absolute Gasteiger partial charge is 0.406 e. The molecule has 0 atom stereocenters. The van der Waals surface area contributed by atoms with Crippen LogP contribution in [0.15, 0.2) is 54.7 Å². The molecule has 2 aromatic carbocycles. The van der Waals surface area contributed by atoms with E-state index in [-0.39, 0.29) is 11.4 Å². The quantitative estimate of drug-likeness (QED) is 0.561. The van der Waals surface area contributed by atoms with Gasteiger partial charge in [0.05, 0.1) is 23.1 Å². The first-order valence-electron chi connectivity index (χ1n) is 8.77. The summed E-state index contributed by atoms with van der Waals surface area (Å²) in [7, 11) is 0. The van der Waals surface area contributed by atoms with Crippen LogP contribution in [0.25, 0.3) is 5.69 Å². The fraction of sp³-hybridized carbons (Fsp3) is 0.200. The van der Waals surface area contributed by atoms with Gasteiger partial charge in [0.1, 0.15) is 5.82 Å². The SMILES string of the molecule is CCCc1c(OC(=O)Nc2cc(F)cc(C(F)(F)F)c2)cnn1-c1ccccc1. The Hall–Kier alpha value is -3.36. The molecule has 0 aliphatic carbocycles. The number of carbonyl (C=O) groups is 1. The highest BCUT2D eigenvalue weighted by atomic mass is 19.4. The number of rotatable bonds is 5. The number of alkyl halides is 3. The second-order valence-corrected chi connectivity index (χ2v) is 6.19. The lowest BCUT2D eigenvalue weighted by Crippen LogP contribution is -2.18. The molecule has 0 radical (unpaired) electrons. The monoisotopic (exact) mass is 407 g/mol. The van der Waals surface area contributed by atoms with Crippen molar-refractivity contribution in [1.29, 1.82) is 0 Å². The second-order valence-electron chi connectivity index (χ2n) is 6.19. The zero-order valence-electron chi connectivity index (χ0n) is 15.3. The van der Waals surface area contributed by atoms with Gasteiger partial charge in [-0.15, -0.1) is 0 Å². The number of benzene rings is 2. The summed E-state index contributed by atoms with van der Waals surface area (Å²) in [5.74, 6) is -0.959. The minimum atomic E-state index is -4.74. The van der Waals surface area contributed by atoms with E-state index in [1.54, 1.807) is 4.68 Å². The largest absolute Gasteiger partial charge is 0.417 e. The molecular weight excluding hydrogens is 390 g/mol. The topological polar surface area (TPSA) is 56.1 Å². The molecule has 1 N–H and O–H groups in total. The Morgan fingerprint density at radius 2 is 1.90 bits per heavy atom. The Morgan fingerprint density at radius 3 is 2.55 bits per heavy atom. The Morgan fingerprint density at radius 1 is 1.17 bits per heavy atom. The van der Waals surface area contributed by atoms with Crippen LogP contribution in [0.2, 0.25) is 0 Å². The molecule has 152 valence electrons. The zero-order chi connectivity index (χ0) is 21.0. The van der Waals surface area contributed by atoms with Gasteiger partial charge in [-0.3, -0.25) is 5.32 Å². The number of halogens is 4. The van der Waals surface area contributed by atoms with Crippen molar-refractivity contribution in [2.75, 3.05) is 5.32 Å². The van der Waals surface area contributed by atoms with Crippen molar-refractivity contribution in [2.24, 2.45) is 0 Å². The number of para-hydroxylation sites is 1. The van der Waals surface area contributed by atoms with Crippen LogP contribution in [0.5, 0.6) is 5.75 Å². The van der Waals surface area contributed by atoms with E-state index >= 15 is 0 Å². The maximum Gasteiger partial charge on any atom is 0.417 e. The molecule has 1 heterocycles. The van der Waals surface area contributed by atoms with Crippen LogP contribution in [0.3, 0.4) is 0 Å². The first-order chi connectivity index (χ1) is 13.8. The van der Waals surface area contributed by atoms with Crippen molar-refractivity contribution in [2.45, 2.75) is 25.9 Å². The molecule has 1 amide bonds. The first-order valence-corrected chi connectivity index (χ1v) is 8.77. The molecule has 0 saturated carbocycles. The normalized spacial score (nSPS) is 11.3. The van der Waals surface area contributed by atoms with Crippen molar-refractivity contribution in [3.8, 4) is 11.4 Å². The number of anilines is 1. The molecule has 3 aromatic rings. The van der Waals surface area contributed by atoms with Crippen LogP contribution in [-0.4, -0.2) is 15.9 Å². The predicted molar refractivity (Wildman–Crippen MR) is 98.6 cm³/mol. The number of aromatic nitrogens is 2. The number of nitrogens with one attached hydrogen (secondary N) is 1. The van der Waals surface area contributed by atoms with Gasteiger partial charge >= 0.3 is 12.3 Å². The summed E-state index contributed by atoms with van der Waals surface area (Å²) in [6, 6.07) is 10.9. The van der Waals surface area contributed by atoms with Gasteiger partial charge in [-0.25, -0.2) is 13.9 Å². The number of ether oxygens (including phenoxy) is 1. The second kappa shape index (κ2) is 8.34. The fourth-order valence-electron chi connectivity index (χ4n) is 2.77. The van der Waals surface area contributed by atoms with Crippen molar-refractivity contribution in [1.82, 2.24) is 9.78 Å². The summed E-state index contributed by atoms with van der Waals surface area (Å²) in [5, 5.41) is 6.35. The third-order valence-corrected chi connectivity index (χ3v) is 3.99. The number of amides is 1. The molecule has 1 aromatic heterocycles. The highest BCUT2D eigenvalue weighted by Crippen LogP contribution is 2.32. The van der Waals surface area contributed by atoms with Crippen LogP contribution in [0, 0.1) is 5.82 Å². The molecule has 0 fully saturated rings. The summed E-state index contributed by atoms with van der Waals surface area (Å²) >= 11 is 0. The lowest BCUT2D eigenvalue weighted by atomic mass is 10.2. The Labute approximate surface area is 163 Å². The minimum Gasteiger partial charge on any atom is -0.406 e. The van der Waals surface area contributed by atoms with Crippen LogP contribution in [0.1, 0.15) is 24.6 Å². The van der Waals surface area contributed by atoms with E-state index in [1.807, 2.05) is 37.3 Å². The van der Waals surface area contributed by atoms with E-state index < -0.39 is 23.7 Å². The highest BCUT2D eigenvalue weighted by molar-refractivity contribution is 5.86. The Kier molecular flexibility index (Phi) is 5.86. The van der Waals surface area contributed by atoms with Gasteiger partial charge < -0.3 is 4.74 Å². The van der Waals surface area contributed by atoms with Crippen LogP contribution >= 0.6 is 0 Å². The first kappa shape index (κ1) is 20.4. The van der Waals surface area contributed by atoms with Gasteiger partial charge in [0.25, 0.3) is 0 Å². The predicted octanol–water partition coefficient (Wildman–Crippen LogP) is 5.59. The zero-order valence-corrected chi connectivity index (χ0v) is 15.3. The summed E-state index contributed by atoms with van der Waals surface area (Å²) in [6.45, 7) is 1.94. The van der Waals surface area contributed by atoms with E-state index in [0.717, 1.165) is 18.2 Å². The Balaban J connectivity index is 1.81. The third kappa shape index (κ3) is 4.92. The van der Waals surface area contributed by atoms with Crippen molar-refractivity contribution in [3.63, 3.8) is 0 Å². The standard InChI is InChI=1S/C20H17F4N3O2/c1-2-6-17-18(12-25-27(17)16-7-4-3-5-8-16)29-19(28)26-15-10-13(20(22,23)24)9-14(21)11-15/h3-5,7-12H,2,6H2,1H3,(H,26,28). The lowest BCUT2D eigenvalue weighted by molar-refractivity contribution is -0.137. The van der Waals surface area contributed by atoms with Gasteiger partial charge in [-0.05, 0) is 36.8 Å². The van der Waals surface area contributed by atoms with Crippen LogP contribution in [-0.2, 0) is 12.6 Å². The lowest BCUT2D eigenvalue weighted by Gasteiger charge is -2.11. The van der Waals surface area contributed by atoms with Crippen molar-refractivity contribution < 1.29 is 27.1 Å². The molecule has 0 spiro atoms. The number of nitrogens with zero attached hydrogens (tertiary/aromatic N) is 2.